The van der Waals surface area contributed by atoms with Gasteiger partial charge in [0.1, 0.15) is 0 Å². The number of rotatable bonds is 5. The lowest BCUT2D eigenvalue weighted by Gasteiger charge is -2.13. The number of hydrogen-bond donors (Lipinski definition) is 0. The van der Waals surface area contributed by atoms with Crippen LogP contribution in [0.15, 0.2) is 91.0 Å². The Morgan fingerprint density at radius 2 is 1.59 bits per heavy atom. The van der Waals surface area contributed by atoms with Crippen LogP contribution in [0.2, 0.25) is 0 Å². The molecule has 0 aliphatic carbocycles. The molecule has 2 nitrogen and oxygen atoms in total. The minimum absolute atomic E-state index is 0.0506. The van der Waals surface area contributed by atoms with E-state index in [4.69, 9.17) is 0 Å². The number of nitrogens with zero attached hydrogens (tertiary/aromatic N) is 1. The minimum atomic E-state index is 0.0506. The van der Waals surface area contributed by atoms with Gasteiger partial charge in [0, 0.05) is 23.0 Å². The predicted molar refractivity (Wildman–Crippen MR) is 113 cm³/mol. The smallest absolute Gasteiger partial charge is 0.152 e. The van der Waals surface area contributed by atoms with Gasteiger partial charge in [-0.05, 0) is 36.3 Å². The second-order valence-corrected chi connectivity index (χ2v) is 6.69. The van der Waals surface area contributed by atoms with Gasteiger partial charge in [-0.2, -0.15) is 0 Å². The van der Waals surface area contributed by atoms with Crippen molar-refractivity contribution in [3.05, 3.63) is 102 Å². The van der Waals surface area contributed by atoms with Gasteiger partial charge < -0.3 is 4.57 Å². The molecule has 0 aliphatic rings. The normalized spacial score (nSPS) is 11.3. The number of hydrogen-bond acceptors (Lipinski definition) is 1. The van der Waals surface area contributed by atoms with Crippen molar-refractivity contribution in [1.82, 2.24) is 4.57 Å². The van der Waals surface area contributed by atoms with Crippen molar-refractivity contribution in [2.75, 3.05) is 0 Å². The summed E-state index contributed by atoms with van der Waals surface area (Å²) < 4.78 is 2.35. The van der Waals surface area contributed by atoms with Crippen LogP contribution in [0.4, 0.5) is 0 Å². The molecule has 1 heterocycles. The van der Waals surface area contributed by atoms with E-state index in [-0.39, 0.29) is 5.78 Å². The highest BCUT2D eigenvalue weighted by Gasteiger charge is 2.13. The topological polar surface area (TPSA) is 22.0 Å². The second kappa shape index (κ2) is 7.46. The molecule has 0 amide bonds. The van der Waals surface area contributed by atoms with Gasteiger partial charge in [0.15, 0.2) is 5.78 Å². The molecule has 132 valence electrons. The van der Waals surface area contributed by atoms with Crippen molar-refractivity contribution in [2.45, 2.75) is 13.5 Å². The fraction of sp³-hybridized carbons (Fsp3) is 0.0800. The largest absolute Gasteiger partial charge is 0.336 e. The standard InChI is InChI=1S/C25H21NO/c1-19(27)15-16-21-11-5-7-13-23(21)25-17-22-12-6-8-14-24(22)26(25)18-20-9-3-2-4-10-20/h2-17H,18H2,1H3. The van der Waals surface area contributed by atoms with Crippen molar-refractivity contribution in [2.24, 2.45) is 0 Å². The summed E-state index contributed by atoms with van der Waals surface area (Å²) in [7, 11) is 0. The molecule has 27 heavy (non-hydrogen) atoms. The predicted octanol–water partition coefficient (Wildman–Crippen LogP) is 5.96. The van der Waals surface area contributed by atoms with Crippen LogP contribution in [0.5, 0.6) is 0 Å². The maximum absolute atomic E-state index is 11.4. The third-order valence-corrected chi connectivity index (χ3v) is 4.73. The summed E-state index contributed by atoms with van der Waals surface area (Å²) in [5.41, 5.74) is 5.80. The first-order valence-corrected chi connectivity index (χ1v) is 9.12. The quantitative estimate of drug-likeness (QED) is 0.407. The molecule has 0 saturated carbocycles. The van der Waals surface area contributed by atoms with E-state index in [2.05, 4.69) is 71.3 Å². The van der Waals surface area contributed by atoms with Gasteiger partial charge in [0.05, 0.1) is 5.69 Å². The van der Waals surface area contributed by atoms with Gasteiger partial charge in [-0.25, -0.2) is 0 Å². The third kappa shape index (κ3) is 3.61. The summed E-state index contributed by atoms with van der Waals surface area (Å²) in [6, 6.07) is 29.4. The summed E-state index contributed by atoms with van der Waals surface area (Å²) in [5.74, 6) is 0.0506. The van der Waals surface area contributed by atoms with Crippen molar-refractivity contribution in [1.29, 1.82) is 0 Å². The molecule has 0 spiro atoms. The monoisotopic (exact) mass is 351 g/mol. The molecule has 0 aliphatic heterocycles. The first kappa shape index (κ1) is 17.0. The van der Waals surface area contributed by atoms with Crippen molar-refractivity contribution < 1.29 is 4.79 Å². The van der Waals surface area contributed by atoms with Crippen LogP contribution in [0.25, 0.3) is 28.2 Å². The van der Waals surface area contributed by atoms with Crippen LogP contribution in [-0.4, -0.2) is 10.4 Å². The molecule has 2 heteroatoms. The zero-order valence-corrected chi connectivity index (χ0v) is 15.3. The van der Waals surface area contributed by atoms with E-state index in [0.717, 1.165) is 23.4 Å². The Morgan fingerprint density at radius 3 is 2.41 bits per heavy atom. The van der Waals surface area contributed by atoms with E-state index in [1.165, 1.54) is 16.5 Å². The average molecular weight is 351 g/mol. The highest BCUT2D eigenvalue weighted by molar-refractivity contribution is 5.94. The Labute approximate surface area is 159 Å². The summed E-state index contributed by atoms with van der Waals surface area (Å²) in [5, 5.41) is 1.22. The lowest BCUT2D eigenvalue weighted by atomic mass is 10.0. The van der Waals surface area contributed by atoms with E-state index in [1.807, 2.05) is 24.3 Å². The molecule has 0 unspecified atom stereocenters. The molecular weight excluding hydrogens is 330 g/mol. The number of carbonyl (C=O) groups excluding carboxylic acids is 1. The zero-order chi connectivity index (χ0) is 18.6. The summed E-state index contributed by atoms with van der Waals surface area (Å²) >= 11 is 0. The van der Waals surface area contributed by atoms with Crippen molar-refractivity contribution in [3.63, 3.8) is 0 Å². The van der Waals surface area contributed by atoms with Crippen LogP contribution < -0.4 is 0 Å². The fourth-order valence-corrected chi connectivity index (χ4v) is 3.45. The molecule has 4 rings (SSSR count). The summed E-state index contributed by atoms with van der Waals surface area (Å²) in [6.07, 6.45) is 3.53. The highest BCUT2D eigenvalue weighted by atomic mass is 16.1. The second-order valence-electron chi connectivity index (χ2n) is 6.69. The third-order valence-electron chi connectivity index (χ3n) is 4.73. The SMILES string of the molecule is CC(=O)C=Cc1ccccc1-c1cc2ccccc2n1Cc1ccccc1. The van der Waals surface area contributed by atoms with Crippen molar-refractivity contribution >= 4 is 22.8 Å². The minimum Gasteiger partial charge on any atom is -0.336 e. The Hall–Kier alpha value is -3.39. The molecule has 0 fully saturated rings. The number of fused-ring (bicyclic) bond motifs is 1. The Kier molecular flexibility index (Phi) is 4.71. The fourth-order valence-electron chi connectivity index (χ4n) is 3.45. The van der Waals surface area contributed by atoms with E-state index >= 15 is 0 Å². The van der Waals surface area contributed by atoms with Gasteiger partial charge in [-0.3, -0.25) is 4.79 Å². The number of ketones is 1. The molecule has 0 bridgehead atoms. The zero-order valence-electron chi connectivity index (χ0n) is 15.3. The molecule has 0 radical (unpaired) electrons. The van der Waals surface area contributed by atoms with Gasteiger partial charge in [0.2, 0.25) is 0 Å². The van der Waals surface area contributed by atoms with Crippen LogP contribution in [0.3, 0.4) is 0 Å². The first-order chi connectivity index (χ1) is 13.2. The number of aromatic nitrogens is 1. The maximum atomic E-state index is 11.4. The first-order valence-electron chi connectivity index (χ1n) is 9.12. The Morgan fingerprint density at radius 1 is 0.889 bits per heavy atom. The Bertz CT molecular complexity index is 1120. The van der Waals surface area contributed by atoms with Gasteiger partial charge in [-0.1, -0.05) is 78.9 Å². The number of para-hydroxylation sites is 1. The van der Waals surface area contributed by atoms with Crippen LogP contribution in [0, 0.1) is 0 Å². The highest BCUT2D eigenvalue weighted by Crippen LogP contribution is 2.32. The van der Waals surface area contributed by atoms with E-state index in [9.17, 15) is 4.79 Å². The summed E-state index contributed by atoms with van der Waals surface area (Å²) in [4.78, 5) is 11.4. The molecular formula is C25H21NO. The van der Waals surface area contributed by atoms with Crippen LogP contribution in [-0.2, 0) is 11.3 Å². The molecule has 4 aromatic rings. The van der Waals surface area contributed by atoms with E-state index < -0.39 is 0 Å². The van der Waals surface area contributed by atoms with E-state index in [0.29, 0.717) is 0 Å². The Balaban J connectivity index is 1.90. The molecule has 0 saturated heterocycles. The van der Waals surface area contributed by atoms with Crippen molar-refractivity contribution in [3.8, 4) is 11.3 Å². The van der Waals surface area contributed by atoms with E-state index in [1.54, 1.807) is 13.0 Å². The van der Waals surface area contributed by atoms with Gasteiger partial charge in [0.25, 0.3) is 0 Å². The van der Waals surface area contributed by atoms with Crippen LogP contribution in [0.1, 0.15) is 18.1 Å². The number of allylic oxidation sites excluding steroid dienone is 1. The van der Waals surface area contributed by atoms with Crippen LogP contribution >= 0.6 is 0 Å². The molecule has 1 aromatic heterocycles. The summed E-state index contributed by atoms with van der Waals surface area (Å²) in [6.45, 7) is 2.37. The lowest BCUT2D eigenvalue weighted by Crippen LogP contribution is -2.02. The molecule has 3 aromatic carbocycles. The average Bonchev–Trinajstić information content (AvgIpc) is 3.06. The van der Waals surface area contributed by atoms with Gasteiger partial charge >= 0.3 is 0 Å². The molecule has 0 N–H and O–H groups in total. The maximum Gasteiger partial charge on any atom is 0.152 e. The number of benzene rings is 3. The number of carbonyl (C=O) groups is 1. The lowest BCUT2D eigenvalue weighted by molar-refractivity contribution is -0.112. The molecule has 0 atom stereocenters. The van der Waals surface area contributed by atoms with Gasteiger partial charge in [-0.15, -0.1) is 0 Å².